The van der Waals surface area contributed by atoms with Crippen LogP contribution >= 0.6 is 11.3 Å². The van der Waals surface area contributed by atoms with Crippen molar-refractivity contribution in [3.8, 4) is 0 Å². The summed E-state index contributed by atoms with van der Waals surface area (Å²) in [7, 11) is -3.73. The molecule has 0 spiro atoms. The van der Waals surface area contributed by atoms with Crippen molar-refractivity contribution in [2.45, 2.75) is 31.6 Å². The topological polar surface area (TPSA) is 76.1 Å². The number of carbonyl (C=O) groups is 1. The third kappa shape index (κ3) is 3.68. The van der Waals surface area contributed by atoms with E-state index in [1.54, 1.807) is 25.3 Å². The number of hydrogen-bond acceptors (Lipinski definition) is 5. The van der Waals surface area contributed by atoms with E-state index in [4.69, 9.17) is 0 Å². The first-order valence-corrected chi connectivity index (χ1v) is 8.87. The molecule has 0 radical (unpaired) electrons. The Bertz CT molecular complexity index is 751. The van der Waals surface area contributed by atoms with Crippen LogP contribution in [0, 0.1) is 0 Å². The number of carbonyl (C=O) groups excluding carboxylic acids is 1. The molecule has 112 valence electrons. The Labute approximate surface area is 128 Å². The van der Waals surface area contributed by atoms with Gasteiger partial charge in [-0.15, -0.1) is 11.3 Å². The number of anilines is 1. The molecule has 1 aromatic carbocycles. The summed E-state index contributed by atoms with van der Waals surface area (Å²) in [5, 5.41) is 0.332. The second kappa shape index (κ2) is 6.36. The number of nitrogens with one attached hydrogen (secondary N) is 1. The summed E-state index contributed by atoms with van der Waals surface area (Å²) >= 11 is 1.30. The van der Waals surface area contributed by atoms with Gasteiger partial charge in [0.25, 0.3) is 10.0 Å². The Morgan fingerprint density at radius 3 is 2.71 bits per heavy atom. The van der Waals surface area contributed by atoms with Crippen LogP contribution in [0.5, 0.6) is 0 Å². The molecule has 2 rings (SSSR count). The number of Topliss-reactive ketones (excluding diaryl/α,β-unsaturated/α-hetero) is 1. The fraction of sp³-hybridized carbons (Fsp3) is 0.286. The quantitative estimate of drug-likeness (QED) is 0.828. The second-order valence-electron chi connectivity index (χ2n) is 4.40. The molecule has 2 aromatic rings. The standard InChI is InChI=1S/C14H16N2O3S2/c1-3-11-9-15-14(20-11)16-21(18,19)12-7-5-6-10(8-12)13(17)4-2/h5-9H,3-4H2,1-2H3,(H,15,16). The fourth-order valence-corrected chi connectivity index (χ4v) is 3.77. The van der Waals surface area contributed by atoms with Crippen molar-refractivity contribution in [3.63, 3.8) is 0 Å². The highest BCUT2D eigenvalue weighted by Crippen LogP contribution is 2.22. The lowest BCUT2D eigenvalue weighted by Crippen LogP contribution is -2.13. The molecular weight excluding hydrogens is 308 g/mol. The summed E-state index contributed by atoms with van der Waals surface area (Å²) in [6.45, 7) is 3.72. The van der Waals surface area contributed by atoms with Gasteiger partial charge in [-0.3, -0.25) is 9.52 Å². The number of aromatic nitrogens is 1. The molecule has 0 unspecified atom stereocenters. The summed E-state index contributed by atoms with van der Waals surface area (Å²) in [6.07, 6.45) is 2.79. The van der Waals surface area contributed by atoms with E-state index in [-0.39, 0.29) is 10.7 Å². The number of thiazole rings is 1. The molecule has 1 heterocycles. The van der Waals surface area contributed by atoms with Crippen LogP contribution < -0.4 is 4.72 Å². The molecule has 0 fully saturated rings. The van der Waals surface area contributed by atoms with Gasteiger partial charge in [0.2, 0.25) is 0 Å². The third-order valence-corrected chi connectivity index (χ3v) is 5.43. The van der Waals surface area contributed by atoms with Crippen LogP contribution in [0.2, 0.25) is 0 Å². The molecule has 0 aliphatic rings. The van der Waals surface area contributed by atoms with Crippen molar-refractivity contribution in [1.82, 2.24) is 4.98 Å². The SMILES string of the molecule is CCC(=O)c1cccc(S(=O)(=O)Nc2ncc(CC)s2)c1. The number of ketones is 1. The monoisotopic (exact) mass is 324 g/mol. The summed E-state index contributed by atoms with van der Waals surface area (Å²) in [5.74, 6) is -0.0884. The highest BCUT2D eigenvalue weighted by Gasteiger charge is 2.17. The number of aryl methyl sites for hydroxylation is 1. The van der Waals surface area contributed by atoms with E-state index in [0.29, 0.717) is 17.1 Å². The van der Waals surface area contributed by atoms with Crippen LogP contribution in [-0.2, 0) is 16.4 Å². The van der Waals surface area contributed by atoms with Crippen LogP contribution in [0.3, 0.4) is 0 Å². The molecule has 0 aliphatic heterocycles. The Balaban J connectivity index is 2.29. The Morgan fingerprint density at radius 2 is 2.10 bits per heavy atom. The lowest BCUT2D eigenvalue weighted by molar-refractivity contribution is 0.0988. The summed E-state index contributed by atoms with van der Waals surface area (Å²) in [4.78, 5) is 16.8. The number of rotatable bonds is 6. The van der Waals surface area contributed by atoms with Gasteiger partial charge in [-0.1, -0.05) is 26.0 Å². The van der Waals surface area contributed by atoms with Gasteiger partial charge in [-0.05, 0) is 18.6 Å². The van der Waals surface area contributed by atoms with E-state index in [1.165, 1.54) is 23.5 Å². The lowest BCUT2D eigenvalue weighted by atomic mass is 10.1. The Hall–Kier alpha value is -1.73. The van der Waals surface area contributed by atoms with Gasteiger partial charge in [0.15, 0.2) is 10.9 Å². The largest absolute Gasteiger partial charge is 0.294 e. The van der Waals surface area contributed by atoms with Crippen molar-refractivity contribution in [2.75, 3.05) is 4.72 Å². The van der Waals surface area contributed by atoms with Crippen LogP contribution in [0.25, 0.3) is 0 Å². The molecule has 0 aliphatic carbocycles. The Morgan fingerprint density at radius 1 is 1.33 bits per heavy atom. The summed E-state index contributed by atoms with van der Waals surface area (Å²) < 4.78 is 27.1. The van der Waals surface area contributed by atoms with Gasteiger partial charge in [0.05, 0.1) is 4.90 Å². The average molecular weight is 324 g/mol. The third-order valence-electron chi connectivity index (χ3n) is 2.91. The molecular formula is C14H16N2O3S2. The van der Waals surface area contributed by atoms with E-state index in [2.05, 4.69) is 9.71 Å². The van der Waals surface area contributed by atoms with Crippen molar-refractivity contribution in [3.05, 3.63) is 40.9 Å². The van der Waals surface area contributed by atoms with Crippen LogP contribution in [0.15, 0.2) is 35.4 Å². The first kappa shape index (κ1) is 15.7. The lowest BCUT2D eigenvalue weighted by Gasteiger charge is -2.06. The van der Waals surface area contributed by atoms with Gasteiger partial charge in [-0.25, -0.2) is 13.4 Å². The molecule has 0 saturated carbocycles. The smallest absolute Gasteiger partial charge is 0.263 e. The number of nitrogens with zero attached hydrogens (tertiary/aromatic N) is 1. The minimum absolute atomic E-state index is 0.0649. The first-order valence-electron chi connectivity index (χ1n) is 6.57. The van der Waals surface area contributed by atoms with Crippen molar-refractivity contribution >= 4 is 32.3 Å². The van der Waals surface area contributed by atoms with Gasteiger partial charge in [0.1, 0.15) is 0 Å². The fourth-order valence-electron chi connectivity index (χ4n) is 1.73. The zero-order valence-corrected chi connectivity index (χ0v) is 13.4. The van der Waals surface area contributed by atoms with Crippen LogP contribution in [0.4, 0.5) is 5.13 Å². The Kier molecular flexibility index (Phi) is 4.74. The first-order chi connectivity index (χ1) is 9.96. The molecule has 1 aromatic heterocycles. The van der Waals surface area contributed by atoms with E-state index >= 15 is 0 Å². The molecule has 0 saturated heterocycles. The van der Waals surface area contributed by atoms with E-state index in [1.807, 2.05) is 6.92 Å². The van der Waals surface area contributed by atoms with Gasteiger partial charge < -0.3 is 0 Å². The highest BCUT2D eigenvalue weighted by molar-refractivity contribution is 7.93. The number of sulfonamides is 1. The molecule has 1 N–H and O–H groups in total. The molecule has 21 heavy (non-hydrogen) atoms. The number of benzene rings is 1. The van der Waals surface area contributed by atoms with Crippen molar-refractivity contribution in [1.29, 1.82) is 0 Å². The molecule has 0 bridgehead atoms. The second-order valence-corrected chi connectivity index (χ2v) is 7.19. The summed E-state index contributed by atoms with van der Waals surface area (Å²) in [5.41, 5.74) is 0.397. The molecule has 5 nitrogen and oxygen atoms in total. The zero-order valence-electron chi connectivity index (χ0n) is 11.8. The molecule has 0 atom stereocenters. The minimum atomic E-state index is -3.73. The normalized spacial score (nSPS) is 11.3. The van der Waals surface area contributed by atoms with Crippen LogP contribution in [0.1, 0.15) is 35.5 Å². The maximum Gasteiger partial charge on any atom is 0.263 e. The summed E-state index contributed by atoms with van der Waals surface area (Å²) in [6, 6.07) is 6.03. The zero-order chi connectivity index (χ0) is 15.5. The number of hydrogen-bond donors (Lipinski definition) is 1. The van der Waals surface area contributed by atoms with Crippen LogP contribution in [-0.4, -0.2) is 19.2 Å². The highest BCUT2D eigenvalue weighted by atomic mass is 32.2. The van der Waals surface area contributed by atoms with E-state index in [9.17, 15) is 13.2 Å². The predicted octanol–water partition coefficient (Wildman–Crippen LogP) is 3.10. The van der Waals surface area contributed by atoms with Gasteiger partial charge >= 0.3 is 0 Å². The maximum absolute atomic E-state index is 12.3. The average Bonchev–Trinajstić information content (AvgIpc) is 2.93. The minimum Gasteiger partial charge on any atom is -0.294 e. The van der Waals surface area contributed by atoms with E-state index < -0.39 is 10.0 Å². The predicted molar refractivity (Wildman–Crippen MR) is 83.4 cm³/mol. The van der Waals surface area contributed by atoms with E-state index in [0.717, 1.165) is 11.3 Å². The molecule has 7 heteroatoms. The van der Waals surface area contributed by atoms with Crippen molar-refractivity contribution in [2.24, 2.45) is 0 Å². The van der Waals surface area contributed by atoms with Crippen molar-refractivity contribution < 1.29 is 13.2 Å². The van der Waals surface area contributed by atoms with Gasteiger partial charge in [0, 0.05) is 23.1 Å². The van der Waals surface area contributed by atoms with Gasteiger partial charge in [-0.2, -0.15) is 0 Å². The molecule has 0 amide bonds. The maximum atomic E-state index is 12.3.